The number of allylic oxidation sites excluding steroid dienone is 2. The van der Waals surface area contributed by atoms with Gasteiger partial charge >= 0.3 is 6.36 Å². The van der Waals surface area contributed by atoms with E-state index in [1.165, 1.54) is 5.56 Å². The second kappa shape index (κ2) is 9.24. The molecule has 36 heavy (non-hydrogen) atoms. The summed E-state index contributed by atoms with van der Waals surface area (Å²) in [4.78, 5) is 25.5. The van der Waals surface area contributed by atoms with Crippen LogP contribution in [0.2, 0.25) is 0 Å². The maximum Gasteiger partial charge on any atom is 0.523 e. The van der Waals surface area contributed by atoms with Crippen LogP contribution >= 0.6 is 11.8 Å². The highest BCUT2D eigenvalue weighted by Gasteiger charge is 2.41. The van der Waals surface area contributed by atoms with E-state index >= 15 is 0 Å². The van der Waals surface area contributed by atoms with Crippen molar-refractivity contribution in [3.05, 3.63) is 46.5 Å². The molecule has 1 N–H and O–H groups in total. The van der Waals surface area contributed by atoms with E-state index in [-0.39, 0.29) is 23.7 Å². The number of amides is 2. The van der Waals surface area contributed by atoms with Gasteiger partial charge in [-0.25, -0.2) is 0 Å². The number of nitrogens with one attached hydrogen (secondary N) is 1. The fraction of sp³-hybridized carbons (Fsp3) is 0.556. The van der Waals surface area contributed by atoms with Crippen LogP contribution in [0.4, 0.5) is 23.7 Å². The number of rotatable bonds is 5. The van der Waals surface area contributed by atoms with E-state index in [1.807, 2.05) is 19.0 Å². The lowest BCUT2D eigenvalue weighted by atomic mass is 9.62. The van der Waals surface area contributed by atoms with E-state index in [2.05, 4.69) is 49.9 Å². The second-order valence-electron chi connectivity index (χ2n) is 11.4. The minimum atomic E-state index is -4.82. The minimum Gasteiger partial charge on any atom is -0.377 e. The maximum absolute atomic E-state index is 13.5. The number of benzene rings is 1. The van der Waals surface area contributed by atoms with Gasteiger partial charge in [-0.05, 0) is 65.3 Å². The van der Waals surface area contributed by atoms with Crippen LogP contribution in [-0.4, -0.2) is 43.0 Å². The molecule has 9 heteroatoms. The molecule has 0 radical (unpaired) electrons. The average molecular weight is 523 g/mol. The molecule has 5 nitrogen and oxygen atoms in total. The average Bonchev–Trinajstić information content (AvgIpc) is 3.06. The normalized spacial score (nSPS) is 25.1. The van der Waals surface area contributed by atoms with Crippen LogP contribution in [0.15, 0.2) is 29.9 Å². The van der Waals surface area contributed by atoms with Gasteiger partial charge in [0, 0.05) is 25.3 Å². The molecule has 2 unspecified atom stereocenters. The third kappa shape index (κ3) is 5.37. The van der Waals surface area contributed by atoms with Crippen LogP contribution in [0.1, 0.15) is 70.1 Å². The molecule has 0 aromatic heterocycles. The molecule has 1 aromatic rings. The van der Waals surface area contributed by atoms with Crippen LogP contribution in [0.3, 0.4) is 0 Å². The molecule has 0 spiro atoms. The van der Waals surface area contributed by atoms with Gasteiger partial charge < -0.3 is 4.90 Å². The standard InChI is InChI=1S/C27H33F3N2O3S/c1-25(2)9-10-26(3,4)19-14-20(32(5)6)17(13-18(19)25)16-8-7-15(11-21(16)35-27(28,29)30)12-22-23(33)31-24(34)36-22/h7-8,13-14,21-22H,9-12H2,1-6H3,(H,31,33,34). The van der Waals surface area contributed by atoms with Crippen molar-refractivity contribution in [3.8, 4) is 0 Å². The first-order chi connectivity index (χ1) is 16.6. The number of carbonyl (C=O) groups excluding carboxylic acids is 2. The van der Waals surface area contributed by atoms with Gasteiger partial charge in [0.25, 0.3) is 5.24 Å². The van der Waals surface area contributed by atoms with E-state index in [1.54, 1.807) is 12.2 Å². The fourth-order valence-corrected chi connectivity index (χ4v) is 6.26. The highest BCUT2D eigenvalue weighted by molar-refractivity contribution is 8.15. The molecule has 1 fully saturated rings. The van der Waals surface area contributed by atoms with Crippen molar-refractivity contribution in [1.29, 1.82) is 0 Å². The summed E-state index contributed by atoms with van der Waals surface area (Å²) in [5, 5.41) is 1.15. The summed E-state index contributed by atoms with van der Waals surface area (Å²) in [7, 11) is 3.78. The number of ether oxygens (including phenoxy) is 1. The summed E-state index contributed by atoms with van der Waals surface area (Å²) in [6.07, 6.45) is -0.428. The highest BCUT2D eigenvalue weighted by Crippen LogP contribution is 2.49. The summed E-state index contributed by atoms with van der Waals surface area (Å²) < 4.78 is 45.3. The Morgan fingerprint density at radius 2 is 1.67 bits per heavy atom. The smallest absolute Gasteiger partial charge is 0.377 e. The lowest BCUT2D eigenvalue weighted by molar-refractivity contribution is -0.334. The largest absolute Gasteiger partial charge is 0.523 e. The van der Waals surface area contributed by atoms with Crippen LogP contribution in [0.5, 0.6) is 0 Å². The van der Waals surface area contributed by atoms with Crippen molar-refractivity contribution < 1.29 is 27.5 Å². The first-order valence-electron chi connectivity index (χ1n) is 12.1. The molecule has 3 aliphatic rings. The molecule has 1 aliphatic heterocycles. The van der Waals surface area contributed by atoms with Gasteiger partial charge in [-0.3, -0.25) is 19.6 Å². The Bertz CT molecular complexity index is 1150. The van der Waals surface area contributed by atoms with Gasteiger partial charge in [0.05, 0.1) is 11.4 Å². The second-order valence-corrected chi connectivity index (χ2v) is 12.5. The number of anilines is 1. The van der Waals surface area contributed by atoms with Crippen LogP contribution in [0, 0.1) is 0 Å². The number of alkyl halides is 3. The minimum absolute atomic E-state index is 0.0112. The predicted octanol–water partition coefficient (Wildman–Crippen LogP) is 6.46. The number of halogens is 3. The topological polar surface area (TPSA) is 58.6 Å². The number of carbonyl (C=O) groups is 2. The third-order valence-corrected chi connectivity index (χ3v) is 8.53. The zero-order chi connectivity index (χ0) is 26.6. The molecular formula is C27H33F3N2O3S. The van der Waals surface area contributed by atoms with Gasteiger partial charge in [0.1, 0.15) is 0 Å². The summed E-state index contributed by atoms with van der Waals surface area (Å²) in [5.41, 5.74) is 4.88. The quantitative estimate of drug-likeness (QED) is 0.481. The van der Waals surface area contributed by atoms with Crippen LogP contribution in [0.25, 0.3) is 5.57 Å². The fourth-order valence-electron chi connectivity index (χ4n) is 5.38. The maximum atomic E-state index is 13.5. The van der Waals surface area contributed by atoms with E-state index in [4.69, 9.17) is 0 Å². The molecule has 0 bridgehead atoms. The summed E-state index contributed by atoms with van der Waals surface area (Å²) in [6, 6.07) is 4.18. The number of fused-ring (bicyclic) bond motifs is 1. The van der Waals surface area contributed by atoms with Crippen molar-refractivity contribution in [2.75, 3.05) is 19.0 Å². The first kappa shape index (κ1) is 26.8. The Kier molecular flexibility index (Phi) is 6.88. The molecule has 2 atom stereocenters. The number of hydrogen-bond acceptors (Lipinski definition) is 5. The molecule has 1 saturated heterocycles. The van der Waals surface area contributed by atoms with E-state index in [0.717, 1.165) is 41.4 Å². The monoisotopic (exact) mass is 522 g/mol. The zero-order valence-electron chi connectivity index (χ0n) is 21.5. The Hall–Kier alpha value is -2.26. The summed E-state index contributed by atoms with van der Waals surface area (Å²) in [6.45, 7) is 8.80. The molecule has 0 saturated carbocycles. The Balaban J connectivity index is 1.81. The Morgan fingerprint density at radius 3 is 2.19 bits per heavy atom. The Labute approximate surface area is 214 Å². The van der Waals surface area contributed by atoms with Gasteiger partial charge in [-0.2, -0.15) is 0 Å². The summed E-state index contributed by atoms with van der Waals surface area (Å²) >= 11 is 0.869. The summed E-state index contributed by atoms with van der Waals surface area (Å²) in [5.74, 6) is -0.414. The lowest BCUT2D eigenvalue weighted by Crippen LogP contribution is -2.35. The number of thioether (sulfide) groups is 1. The van der Waals surface area contributed by atoms with Crippen LogP contribution in [-0.2, 0) is 20.4 Å². The Morgan fingerprint density at radius 1 is 1.06 bits per heavy atom. The van der Waals surface area contributed by atoms with Gasteiger partial charge in [-0.15, -0.1) is 13.2 Å². The van der Waals surface area contributed by atoms with Crippen molar-refractivity contribution in [1.82, 2.24) is 5.32 Å². The number of imide groups is 1. The predicted molar refractivity (Wildman–Crippen MR) is 137 cm³/mol. The number of hydrogen-bond donors (Lipinski definition) is 1. The molecule has 196 valence electrons. The van der Waals surface area contributed by atoms with Gasteiger partial charge in [0.2, 0.25) is 5.91 Å². The third-order valence-electron chi connectivity index (χ3n) is 7.55. The molecule has 4 rings (SSSR count). The van der Waals surface area contributed by atoms with Crippen molar-refractivity contribution in [3.63, 3.8) is 0 Å². The van der Waals surface area contributed by atoms with Gasteiger partial charge in [-0.1, -0.05) is 57.2 Å². The molecule has 1 heterocycles. The van der Waals surface area contributed by atoms with Crippen molar-refractivity contribution in [2.45, 2.75) is 81.9 Å². The first-order valence-corrected chi connectivity index (χ1v) is 13.0. The van der Waals surface area contributed by atoms with Crippen molar-refractivity contribution in [2.24, 2.45) is 0 Å². The van der Waals surface area contributed by atoms with E-state index in [0.29, 0.717) is 11.1 Å². The zero-order valence-corrected chi connectivity index (χ0v) is 22.3. The molecular weight excluding hydrogens is 489 g/mol. The van der Waals surface area contributed by atoms with Gasteiger partial charge in [0.15, 0.2) is 0 Å². The molecule has 2 amide bonds. The lowest BCUT2D eigenvalue weighted by Gasteiger charge is -2.43. The number of nitrogens with zero attached hydrogens (tertiary/aromatic N) is 1. The van der Waals surface area contributed by atoms with E-state index < -0.39 is 28.9 Å². The van der Waals surface area contributed by atoms with Crippen LogP contribution < -0.4 is 10.2 Å². The molecule has 1 aromatic carbocycles. The van der Waals surface area contributed by atoms with Crippen molar-refractivity contribution >= 4 is 34.2 Å². The molecule has 2 aliphatic carbocycles. The SMILES string of the molecule is CN(C)c1cc2c(cc1C1=CC=C(CC3SC(=O)NC3=O)CC1OC(F)(F)F)C(C)(C)CCC2(C)C. The van der Waals surface area contributed by atoms with E-state index in [9.17, 15) is 22.8 Å². The highest BCUT2D eigenvalue weighted by atomic mass is 32.2.